The van der Waals surface area contributed by atoms with E-state index in [2.05, 4.69) is 41.8 Å². The summed E-state index contributed by atoms with van der Waals surface area (Å²) >= 11 is 0. The number of aromatic amines is 1. The summed E-state index contributed by atoms with van der Waals surface area (Å²) in [4.78, 5) is 26.5. The van der Waals surface area contributed by atoms with Crippen LogP contribution in [0.4, 0.5) is 0 Å². The van der Waals surface area contributed by atoms with Crippen molar-refractivity contribution in [1.82, 2.24) is 14.9 Å². The molecule has 0 fully saturated rings. The zero-order valence-corrected chi connectivity index (χ0v) is 17.5. The number of carboxylic acids is 1. The summed E-state index contributed by atoms with van der Waals surface area (Å²) in [6, 6.07) is 6.18. The van der Waals surface area contributed by atoms with Gasteiger partial charge in [0.25, 0.3) is 5.56 Å². The minimum atomic E-state index is -1.42. The van der Waals surface area contributed by atoms with Crippen LogP contribution in [0.5, 0.6) is 5.75 Å². The van der Waals surface area contributed by atoms with E-state index < -0.39 is 22.8 Å². The van der Waals surface area contributed by atoms with Crippen molar-refractivity contribution >= 4 is 16.9 Å². The summed E-state index contributed by atoms with van der Waals surface area (Å²) in [7, 11) is 2.05. The van der Waals surface area contributed by atoms with Crippen LogP contribution in [-0.4, -0.2) is 32.3 Å². The minimum Gasteiger partial charge on any atom is -0.506 e. The van der Waals surface area contributed by atoms with Crippen LogP contribution in [0.15, 0.2) is 23.0 Å². The first kappa shape index (κ1) is 20.2. The maximum atomic E-state index is 12.4. The molecule has 1 aromatic carbocycles. The molecule has 0 aliphatic heterocycles. The predicted molar refractivity (Wildman–Crippen MR) is 116 cm³/mol. The summed E-state index contributed by atoms with van der Waals surface area (Å²) in [6.07, 6.45) is 2.05. The van der Waals surface area contributed by atoms with Gasteiger partial charge in [0.15, 0.2) is 5.56 Å². The van der Waals surface area contributed by atoms with Crippen molar-refractivity contribution < 1.29 is 15.0 Å². The van der Waals surface area contributed by atoms with Gasteiger partial charge < -0.3 is 25.1 Å². The number of rotatable bonds is 5. The Bertz CT molecular complexity index is 1200. The molecular formula is C23H27N3O4. The molecule has 2 aromatic heterocycles. The Kier molecular flexibility index (Phi) is 5.15. The van der Waals surface area contributed by atoms with Crippen LogP contribution in [0.1, 0.15) is 47.4 Å². The average molecular weight is 409 g/mol. The second-order valence-corrected chi connectivity index (χ2v) is 8.43. The Morgan fingerprint density at radius 1 is 1.27 bits per heavy atom. The summed E-state index contributed by atoms with van der Waals surface area (Å²) < 4.78 is 2.18. The van der Waals surface area contributed by atoms with Crippen LogP contribution < -0.4 is 10.9 Å². The Morgan fingerprint density at radius 2 is 2.00 bits per heavy atom. The van der Waals surface area contributed by atoms with Crippen molar-refractivity contribution in [3.8, 4) is 17.0 Å². The number of aromatic hydroxyl groups is 1. The highest BCUT2D eigenvalue weighted by atomic mass is 16.4. The molecule has 7 heteroatoms. The van der Waals surface area contributed by atoms with Crippen molar-refractivity contribution in [3.05, 3.63) is 50.9 Å². The van der Waals surface area contributed by atoms with Gasteiger partial charge in [0.2, 0.25) is 0 Å². The highest BCUT2D eigenvalue weighted by Gasteiger charge is 2.26. The van der Waals surface area contributed by atoms with Crippen LogP contribution >= 0.6 is 0 Å². The number of benzene rings is 1. The van der Waals surface area contributed by atoms with Crippen LogP contribution in [0.2, 0.25) is 0 Å². The standard InChI is InChI=1S/C23H27N3O4/c1-12(2)10-24-11-13-9-17-14-5-4-6-16-20(15(14)7-8-18(17)26(13)3)25-22(28)19(21(16)27)23(29)30/h7-9,12,24H,4-6,10-11H2,1-3H3,(H,29,30)(H2,25,27,28). The minimum absolute atomic E-state index is 0.416. The molecule has 158 valence electrons. The summed E-state index contributed by atoms with van der Waals surface area (Å²) in [5, 5.41) is 24.4. The van der Waals surface area contributed by atoms with Gasteiger partial charge in [0, 0.05) is 41.3 Å². The number of aromatic carboxylic acids is 1. The van der Waals surface area contributed by atoms with Crippen LogP contribution in [0.3, 0.4) is 0 Å². The fourth-order valence-electron chi connectivity index (χ4n) is 4.43. The van der Waals surface area contributed by atoms with Crippen molar-refractivity contribution in [2.75, 3.05) is 6.54 Å². The first-order valence-corrected chi connectivity index (χ1v) is 10.3. The molecule has 1 aliphatic carbocycles. The largest absolute Gasteiger partial charge is 0.506 e. The molecule has 7 nitrogen and oxygen atoms in total. The van der Waals surface area contributed by atoms with Gasteiger partial charge in [-0.15, -0.1) is 0 Å². The van der Waals surface area contributed by atoms with Crippen LogP contribution in [0.25, 0.3) is 22.2 Å². The van der Waals surface area contributed by atoms with E-state index in [9.17, 15) is 19.8 Å². The lowest BCUT2D eigenvalue weighted by Gasteiger charge is -2.13. The Labute approximate surface area is 174 Å². The number of hydrogen-bond donors (Lipinski definition) is 4. The number of fused-ring (bicyclic) bond motifs is 5. The SMILES string of the molecule is CC(C)CNCc1cc2c3c(ccc2n1C)-c1[nH]c(=O)c(C(=O)O)c(O)c1CCC3. The van der Waals surface area contributed by atoms with E-state index >= 15 is 0 Å². The number of pyridine rings is 1. The quantitative estimate of drug-likeness (QED) is 0.518. The lowest BCUT2D eigenvalue weighted by molar-refractivity contribution is 0.0691. The number of H-pyrrole nitrogens is 1. The van der Waals surface area contributed by atoms with Gasteiger partial charge in [0.1, 0.15) is 5.75 Å². The summed E-state index contributed by atoms with van der Waals surface area (Å²) in [5.74, 6) is -1.26. The molecule has 4 rings (SSSR count). The third-order valence-corrected chi connectivity index (χ3v) is 5.92. The van der Waals surface area contributed by atoms with Crippen molar-refractivity contribution in [1.29, 1.82) is 0 Å². The molecular weight excluding hydrogens is 382 g/mol. The van der Waals surface area contributed by atoms with Gasteiger partial charge in [-0.05, 0) is 49.4 Å². The Balaban J connectivity index is 1.86. The maximum Gasteiger partial charge on any atom is 0.345 e. The molecule has 0 radical (unpaired) electrons. The number of hydrogen-bond acceptors (Lipinski definition) is 4. The number of nitrogens with one attached hydrogen (secondary N) is 2. The zero-order chi connectivity index (χ0) is 21.6. The van der Waals surface area contributed by atoms with E-state index in [4.69, 9.17) is 0 Å². The van der Waals surface area contributed by atoms with E-state index in [0.29, 0.717) is 23.6 Å². The monoisotopic (exact) mass is 409 g/mol. The third kappa shape index (κ3) is 3.29. The molecule has 0 amide bonds. The van der Waals surface area contributed by atoms with E-state index in [0.717, 1.165) is 48.0 Å². The molecule has 0 atom stereocenters. The topological polar surface area (TPSA) is 107 Å². The summed E-state index contributed by atoms with van der Waals surface area (Å²) in [5.41, 5.74) is 3.94. The van der Waals surface area contributed by atoms with Crippen LogP contribution in [0, 0.1) is 5.92 Å². The number of aromatic nitrogens is 2. The number of aryl methyl sites for hydroxylation is 2. The molecule has 0 saturated heterocycles. The van der Waals surface area contributed by atoms with E-state index in [1.54, 1.807) is 0 Å². The molecule has 0 unspecified atom stereocenters. The van der Waals surface area contributed by atoms with Crippen molar-refractivity contribution in [2.24, 2.45) is 13.0 Å². The molecule has 2 heterocycles. The predicted octanol–water partition coefficient (Wildman–Crippen LogP) is 3.17. The molecule has 0 bridgehead atoms. The maximum absolute atomic E-state index is 12.4. The van der Waals surface area contributed by atoms with E-state index in [1.807, 2.05) is 12.1 Å². The lowest BCUT2D eigenvalue weighted by atomic mass is 9.97. The fraction of sp³-hybridized carbons (Fsp3) is 0.391. The van der Waals surface area contributed by atoms with Gasteiger partial charge in [-0.2, -0.15) is 0 Å². The lowest BCUT2D eigenvalue weighted by Crippen LogP contribution is -2.20. The second-order valence-electron chi connectivity index (χ2n) is 8.43. The van der Waals surface area contributed by atoms with E-state index in [1.165, 1.54) is 5.69 Å². The van der Waals surface area contributed by atoms with Crippen LogP contribution in [-0.2, 0) is 26.4 Å². The normalized spacial score (nSPS) is 13.3. The molecule has 0 spiro atoms. The van der Waals surface area contributed by atoms with Crippen molar-refractivity contribution in [2.45, 2.75) is 39.7 Å². The molecule has 4 N–H and O–H groups in total. The first-order chi connectivity index (χ1) is 14.3. The number of carboxylic acid groups (broad SMARTS) is 1. The Morgan fingerprint density at radius 3 is 2.70 bits per heavy atom. The highest BCUT2D eigenvalue weighted by molar-refractivity contribution is 5.94. The molecule has 1 aliphatic rings. The molecule has 3 aromatic rings. The Hall–Kier alpha value is -3.06. The van der Waals surface area contributed by atoms with E-state index in [-0.39, 0.29) is 0 Å². The third-order valence-electron chi connectivity index (χ3n) is 5.92. The van der Waals surface area contributed by atoms with Gasteiger partial charge in [-0.3, -0.25) is 4.79 Å². The smallest absolute Gasteiger partial charge is 0.345 e. The fourth-order valence-corrected chi connectivity index (χ4v) is 4.43. The number of nitrogens with zero attached hydrogens (tertiary/aromatic N) is 1. The average Bonchev–Trinajstić information content (AvgIpc) is 2.87. The van der Waals surface area contributed by atoms with Gasteiger partial charge in [0.05, 0.1) is 5.69 Å². The molecule has 30 heavy (non-hydrogen) atoms. The van der Waals surface area contributed by atoms with Crippen molar-refractivity contribution in [3.63, 3.8) is 0 Å². The molecule has 0 saturated carbocycles. The van der Waals surface area contributed by atoms with Gasteiger partial charge >= 0.3 is 5.97 Å². The van der Waals surface area contributed by atoms with Gasteiger partial charge in [-0.25, -0.2) is 4.79 Å². The first-order valence-electron chi connectivity index (χ1n) is 10.3. The second kappa shape index (κ2) is 7.65. The van der Waals surface area contributed by atoms with Gasteiger partial charge in [-0.1, -0.05) is 19.9 Å². The highest BCUT2D eigenvalue weighted by Crippen LogP contribution is 2.39. The number of carbonyl (C=O) groups is 1. The summed E-state index contributed by atoms with van der Waals surface area (Å²) in [6.45, 7) is 6.07. The zero-order valence-electron chi connectivity index (χ0n) is 17.5.